The highest BCUT2D eigenvalue weighted by Crippen LogP contribution is 2.25. The lowest BCUT2D eigenvalue weighted by Crippen LogP contribution is -2.35. The van der Waals surface area contributed by atoms with Crippen LogP contribution in [0.15, 0.2) is 64.9 Å². The van der Waals surface area contributed by atoms with Crippen LogP contribution >= 0.6 is 11.3 Å². The molecule has 0 radical (unpaired) electrons. The Kier molecular flexibility index (Phi) is 5.75. The van der Waals surface area contributed by atoms with Crippen LogP contribution in [0.5, 0.6) is 0 Å². The first kappa shape index (κ1) is 19.8. The maximum Gasteiger partial charge on any atom is 0.275 e. The van der Waals surface area contributed by atoms with Gasteiger partial charge < -0.3 is 5.32 Å². The van der Waals surface area contributed by atoms with E-state index in [0.717, 1.165) is 29.8 Å². The number of rotatable bonds is 5. The van der Waals surface area contributed by atoms with Gasteiger partial charge in [-0.3, -0.25) is 4.79 Å². The number of anilines is 1. The quantitative estimate of drug-likeness (QED) is 0.661. The third-order valence-corrected chi connectivity index (χ3v) is 7.59. The fourth-order valence-corrected chi connectivity index (χ4v) is 5.64. The van der Waals surface area contributed by atoms with Gasteiger partial charge in [-0.05, 0) is 31.0 Å². The molecular formula is C21H21N3O3S2. The molecule has 0 spiro atoms. The number of aromatic nitrogens is 1. The van der Waals surface area contributed by atoms with Gasteiger partial charge in [-0.2, -0.15) is 4.31 Å². The van der Waals surface area contributed by atoms with E-state index in [9.17, 15) is 13.2 Å². The van der Waals surface area contributed by atoms with E-state index in [2.05, 4.69) is 10.3 Å². The summed E-state index contributed by atoms with van der Waals surface area (Å²) in [6.45, 7) is 1.08. The molecule has 0 unspecified atom stereocenters. The van der Waals surface area contributed by atoms with Crippen molar-refractivity contribution in [1.82, 2.24) is 9.29 Å². The predicted molar refractivity (Wildman–Crippen MR) is 115 cm³/mol. The summed E-state index contributed by atoms with van der Waals surface area (Å²) in [6.07, 6.45) is 2.81. The molecule has 0 atom stereocenters. The number of carbonyl (C=O) groups excluding carboxylic acids is 1. The molecule has 4 rings (SSSR count). The Labute approximate surface area is 174 Å². The lowest BCUT2D eigenvalue weighted by Gasteiger charge is -2.26. The number of nitrogens with zero attached hydrogens (tertiary/aromatic N) is 2. The number of thiazole rings is 1. The van der Waals surface area contributed by atoms with Crippen molar-refractivity contribution in [2.45, 2.75) is 24.2 Å². The lowest BCUT2D eigenvalue weighted by molar-refractivity contribution is 0.102. The molecule has 1 amide bonds. The molecule has 2 heterocycles. The minimum Gasteiger partial charge on any atom is -0.321 e. The number of amides is 1. The van der Waals surface area contributed by atoms with Crippen LogP contribution < -0.4 is 5.32 Å². The molecule has 2 aromatic carbocycles. The van der Waals surface area contributed by atoms with Crippen LogP contribution in [0.3, 0.4) is 0 Å². The van der Waals surface area contributed by atoms with Crippen molar-refractivity contribution in [3.05, 3.63) is 65.7 Å². The first-order valence-electron chi connectivity index (χ1n) is 9.46. The molecule has 1 N–H and O–H groups in total. The summed E-state index contributed by atoms with van der Waals surface area (Å²) in [5.74, 6) is -0.365. The number of sulfonamides is 1. The number of nitrogens with one attached hydrogen (secondary N) is 1. The zero-order valence-corrected chi connectivity index (χ0v) is 17.4. The Balaban J connectivity index is 1.51. The zero-order valence-electron chi connectivity index (χ0n) is 15.7. The molecule has 1 saturated heterocycles. The van der Waals surface area contributed by atoms with Crippen molar-refractivity contribution in [3.63, 3.8) is 0 Å². The number of hydrogen-bond donors (Lipinski definition) is 1. The molecule has 1 aliphatic rings. The van der Waals surface area contributed by atoms with E-state index in [1.807, 2.05) is 30.3 Å². The van der Waals surface area contributed by atoms with E-state index in [4.69, 9.17) is 0 Å². The average Bonchev–Trinajstić information content (AvgIpc) is 3.26. The number of hydrogen-bond acceptors (Lipinski definition) is 5. The molecule has 0 bridgehead atoms. The molecule has 29 heavy (non-hydrogen) atoms. The van der Waals surface area contributed by atoms with Crippen LogP contribution in [-0.4, -0.2) is 36.7 Å². The largest absolute Gasteiger partial charge is 0.321 e. The van der Waals surface area contributed by atoms with Gasteiger partial charge in [-0.1, -0.05) is 42.8 Å². The van der Waals surface area contributed by atoms with Crippen molar-refractivity contribution in [1.29, 1.82) is 0 Å². The number of benzene rings is 2. The van der Waals surface area contributed by atoms with Crippen LogP contribution in [-0.2, 0) is 10.0 Å². The summed E-state index contributed by atoms with van der Waals surface area (Å²) in [5.41, 5.74) is 1.69. The molecule has 1 aromatic heterocycles. The van der Waals surface area contributed by atoms with E-state index < -0.39 is 10.0 Å². The van der Waals surface area contributed by atoms with Crippen LogP contribution in [0.1, 0.15) is 29.8 Å². The molecule has 1 aliphatic heterocycles. The van der Waals surface area contributed by atoms with E-state index >= 15 is 0 Å². The minimum absolute atomic E-state index is 0.195. The second-order valence-electron chi connectivity index (χ2n) is 6.85. The number of piperidine rings is 1. The third-order valence-electron chi connectivity index (χ3n) is 4.80. The fourth-order valence-electron chi connectivity index (χ4n) is 3.28. The SMILES string of the molecule is O=C(Nc1cccc(S(=O)(=O)N2CCCCC2)c1)c1csc(-c2ccccc2)n1. The summed E-state index contributed by atoms with van der Waals surface area (Å²) >= 11 is 1.39. The predicted octanol–water partition coefficient (Wildman–Crippen LogP) is 4.24. The molecular weight excluding hydrogens is 406 g/mol. The van der Waals surface area contributed by atoms with E-state index in [0.29, 0.717) is 24.5 Å². The van der Waals surface area contributed by atoms with Crippen molar-refractivity contribution >= 4 is 33.0 Å². The highest BCUT2D eigenvalue weighted by molar-refractivity contribution is 7.89. The van der Waals surface area contributed by atoms with E-state index in [1.54, 1.807) is 23.6 Å². The Morgan fingerprint density at radius 2 is 1.76 bits per heavy atom. The third kappa shape index (κ3) is 4.39. The number of carbonyl (C=O) groups is 1. The Bertz CT molecular complexity index is 1100. The summed E-state index contributed by atoms with van der Waals surface area (Å²) in [4.78, 5) is 17.2. The standard InChI is InChI=1S/C21H21N3O3S2/c25-20(19-15-28-21(23-19)16-8-3-1-4-9-16)22-17-10-7-11-18(14-17)29(26,27)24-12-5-2-6-13-24/h1,3-4,7-11,14-15H,2,5-6,12-13H2,(H,22,25). The highest BCUT2D eigenvalue weighted by Gasteiger charge is 2.26. The topological polar surface area (TPSA) is 79.4 Å². The van der Waals surface area contributed by atoms with Crippen LogP contribution in [0, 0.1) is 0 Å². The summed E-state index contributed by atoms with van der Waals surface area (Å²) < 4.78 is 27.2. The molecule has 150 valence electrons. The van der Waals surface area contributed by atoms with Gasteiger partial charge in [0, 0.05) is 29.7 Å². The van der Waals surface area contributed by atoms with Gasteiger partial charge in [0.05, 0.1) is 4.90 Å². The van der Waals surface area contributed by atoms with Crippen molar-refractivity contribution < 1.29 is 13.2 Å². The van der Waals surface area contributed by atoms with Crippen molar-refractivity contribution in [3.8, 4) is 10.6 Å². The lowest BCUT2D eigenvalue weighted by atomic mass is 10.2. The summed E-state index contributed by atoms with van der Waals surface area (Å²) in [5, 5.41) is 5.22. The van der Waals surface area contributed by atoms with Crippen LogP contribution in [0.4, 0.5) is 5.69 Å². The molecule has 1 fully saturated rings. The summed E-state index contributed by atoms with van der Waals surface area (Å²) in [6, 6.07) is 16.0. The summed E-state index contributed by atoms with van der Waals surface area (Å²) in [7, 11) is -3.55. The van der Waals surface area contributed by atoms with Crippen LogP contribution in [0.25, 0.3) is 10.6 Å². The van der Waals surface area contributed by atoms with Crippen molar-refractivity contribution in [2.24, 2.45) is 0 Å². The maximum atomic E-state index is 12.9. The van der Waals surface area contributed by atoms with Gasteiger partial charge >= 0.3 is 0 Å². The second kappa shape index (κ2) is 8.44. The molecule has 0 aliphatic carbocycles. The molecule has 6 nitrogen and oxygen atoms in total. The molecule has 8 heteroatoms. The van der Waals surface area contributed by atoms with Gasteiger partial charge in [0.15, 0.2) is 0 Å². The molecule has 0 saturated carbocycles. The Hall–Kier alpha value is -2.55. The maximum absolute atomic E-state index is 12.9. The van der Waals surface area contributed by atoms with Gasteiger partial charge in [0.25, 0.3) is 5.91 Å². The monoisotopic (exact) mass is 427 g/mol. The minimum atomic E-state index is -3.55. The van der Waals surface area contributed by atoms with Gasteiger partial charge in [0.2, 0.25) is 10.0 Å². The first-order chi connectivity index (χ1) is 14.0. The molecule has 3 aromatic rings. The fraction of sp³-hybridized carbons (Fsp3) is 0.238. The normalized spacial score (nSPS) is 15.2. The Morgan fingerprint density at radius 3 is 2.52 bits per heavy atom. The van der Waals surface area contributed by atoms with Gasteiger partial charge in [-0.15, -0.1) is 11.3 Å². The van der Waals surface area contributed by atoms with Crippen molar-refractivity contribution in [2.75, 3.05) is 18.4 Å². The zero-order chi connectivity index (χ0) is 20.3. The average molecular weight is 428 g/mol. The van der Waals surface area contributed by atoms with E-state index in [1.165, 1.54) is 21.7 Å². The van der Waals surface area contributed by atoms with E-state index in [-0.39, 0.29) is 10.8 Å². The first-order valence-corrected chi connectivity index (χ1v) is 11.8. The van der Waals surface area contributed by atoms with Gasteiger partial charge in [0.1, 0.15) is 10.7 Å². The second-order valence-corrected chi connectivity index (χ2v) is 9.65. The van der Waals surface area contributed by atoms with Gasteiger partial charge in [-0.25, -0.2) is 13.4 Å². The highest BCUT2D eigenvalue weighted by atomic mass is 32.2. The smallest absolute Gasteiger partial charge is 0.275 e. The Morgan fingerprint density at radius 1 is 1.00 bits per heavy atom. The van der Waals surface area contributed by atoms with Crippen LogP contribution in [0.2, 0.25) is 0 Å².